The second-order valence-electron chi connectivity index (χ2n) is 40.3. The van der Waals surface area contributed by atoms with Crippen LogP contribution >= 0.6 is 0 Å². The highest BCUT2D eigenvalue weighted by atomic mass is 15.0. The van der Waals surface area contributed by atoms with Gasteiger partial charge in [0.15, 0.2) is 0 Å². The van der Waals surface area contributed by atoms with Gasteiger partial charge >= 0.3 is 0 Å². The molecule has 5 aromatic heterocycles. The summed E-state index contributed by atoms with van der Waals surface area (Å²) in [6.45, 7) is 52.8. The first kappa shape index (κ1) is 76.9. The van der Waals surface area contributed by atoms with E-state index in [2.05, 4.69) is 350 Å². The van der Waals surface area contributed by atoms with Crippen LogP contribution in [0.25, 0.3) is 111 Å². The average Bonchev–Trinajstić information content (AvgIpc) is 0.689. The maximum atomic E-state index is 9.13. The van der Waals surface area contributed by atoms with Crippen LogP contribution in [0, 0.1) is 110 Å². The van der Waals surface area contributed by atoms with Crippen molar-refractivity contribution in [3.8, 4) is 56.3 Å². The summed E-state index contributed by atoms with van der Waals surface area (Å²) in [6, 6.07) is 65.8. The first-order valence-electron chi connectivity index (χ1n) is 49.4. The Morgan fingerprint density at radius 2 is 0.565 bits per heavy atom. The summed E-state index contributed by atoms with van der Waals surface area (Å²) in [4.78, 5) is 0. The molecule has 124 heavy (non-hydrogen) atoms. The van der Waals surface area contributed by atoms with Crippen molar-refractivity contribution < 1.29 is 33.8 Å². The van der Waals surface area contributed by atoms with Crippen LogP contribution in [0.2, 0.25) is 0 Å². The van der Waals surface area contributed by atoms with Gasteiger partial charge < -0.3 is 0 Å². The van der Waals surface area contributed by atoms with Gasteiger partial charge in [-0.15, -0.1) is 0 Å². The highest BCUT2D eigenvalue weighted by molar-refractivity contribution is 5.92. The summed E-state index contributed by atoms with van der Waals surface area (Å²) >= 11 is 0. The summed E-state index contributed by atoms with van der Waals surface area (Å²) in [5.74, 6) is 0.726. The van der Waals surface area contributed by atoms with Crippen LogP contribution in [0.5, 0.6) is 0 Å². The lowest BCUT2D eigenvalue weighted by Crippen LogP contribution is -2.39. The van der Waals surface area contributed by atoms with E-state index in [1.165, 1.54) is 222 Å². The number of rotatable bonds is 5. The quantitative estimate of drug-likeness (QED) is 0.153. The van der Waals surface area contributed by atoms with Gasteiger partial charge in [0, 0.05) is 99.4 Å². The summed E-state index contributed by atoms with van der Waals surface area (Å²) in [5.41, 5.74) is 48.5. The van der Waals surface area contributed by atoms with Crippen LogP contribution in [-0.2, 0) is 95.3 Å². The van der Waals surface area contributed by atoms with Gasteiger partial charge in [0.1, 0.15) is 35.2 Å². The molecule has 0 aliphatic heterocycles. The van der Waals surface area contributed by atoms with Crippen LogP contribution < -0.4 is 22.8 Å². The van der Waals surface area contributed by atoms with Crippen LogP contribution in [0.1, 0.15) is 238 Å². The minimum Gasteiger partial charge on any atom is -0.194 e. The van der Waals surface area contributed by atoms with Gasteiger partial charge in [0.25, 0.3) is 0 Å². The van der Waals surface area contributed by atoms with Gasteiger partial charge in [-0.1, -0.05) is 181 Å². The lowest BCUT2D eigenvalue weighted by molar-refractivity contribution is -0.633. The number of hydrogen-bond acceptors (Lipinski definition) is 0. The topological polar surface area (TPSA) is 19.4 Å². The monoisotopic (exact) mass is 1650 g/mol. The van der Waals surface area contributed by atoms with Crippen LogP contribution in [-0.4, -0.2) is 0 Å². The molecule has 5 heteroatoms. The normalized spacial score (nSPS) is 18.4. The fraction of sp³-hybridized carbons (Fsp3) is 0.370. The molecule has 5 heterocycles. The zero-order valence-electron chi connectivity index (χ0n) is 87.9. The van der Waals surface area contributed by atoms with E-state index < -0.39 is 36.3 Å². The van der Waals surface area contributed by atoms with Gasteiger partial charge in [-0.05, 0) is 337 Å². The number of aryl methyl sites for hydroxylation is 19. The molecule has 5 nitrogen and oxygen atoms in total. The molecule has 0 amide bonds. The predicted molar refractivity (Wildman–Crippen MR) is 526 cm³/mol. The van der Waals surface area contributed by atoms with Crippen LogP contribution in [0.4, 0.5) is 0 Å². The molecule has 0 saturated heterocycles. The Kier molecular flexibility index (Phi) is 20.2. The van der Waals surface area contributed by atoms with Gasteiger partial charge in [-0.25, -0.2) is 0 Å². The fourth-order valence-corrected chi connectivity index (χ4v) is 22.6. The standard InChI is InChI=1S/2C26H32N.C23H26N.2C22H24N/c2*1-16-12-17(2)18(3)19(13-16)23-14-21-24-20(10-9-11-22(24)27(23)8)25(4,5)15-26(21,6)7;1-14-9-16(3)17(4)20(12-14)22-13-19-11-15(2)10-18-7-6-8-21(23(18)19)24(22)5;2*1-14-11-15(2)16(3)19(12-14)21-13-18-9-5-7-17-8-6-10-20(22(17)18)23(21)4/h2*9-14H,15H2,1-8H3;6-9,12-13,15H,10-11H2,1-5H3;2*6,8,10-13H,5,7,9H2,1-4H3/q5*+1/i15D2;;;5D2,7D2,9D2;. The van der Waals surface area contributed by atoms with Crippen molar-refractivity contribution >= 4 is 54.5 Å². The van der Waals surface area contributed by atoms with Crippen molar-refractivity contribution in [2.75, 3.05) is 0 Å². The third-order valence-electron chi connectivity index (χ3n) is 29.1. The third kappa shape index (κ3) is 15.5. The number of aromatic nitrogens is 5. The molecule has 1 atom stereocenters. The maximum absolute atomic E-state index is 9.13. The van der Waals surface area contributed by atoms with E-state index in [0.717, 1.165) is 50.7 Å². The van der Waals surface area contributed by atoms with Crippen LogP contribution in [0.3, 0.4) is 0 Å². The molecule has 1 unspecified atom stereocenters. The summed E-state index contributed by atoms with van der Waals surface area (Å²) in [7, 11) is 10.7. The van der Waals surface area contributed by atoms with E-state index >= 15 is 0 Å². The van der Waals surface area contributed by atoms with Gasteiger partial charge in [0.2, 0.25) is 56.1 Å². The second-order valence-corrected chi connectivity index (χ2v) is 40.3. The molecule has 15 aromatic rings. The molecule has 0 saturated carbocycles. The highest BCUT2D eigenvalue weighted by Gasteiger charge is 2.44. The Labute approximate surface area is 754 Å². The lowest BCUT2D eigenvalue weighted by Gasteiger charge is -2.41. The lowest BCUT2D eigenvalue weighted by atomic mass is 9.62. The molecule has 0 bridgehead atoms. The van der Waals surface area contributed by atoms with Crippen molar-refractivity contribution in [2.45, 2.75) is 252 Å². The van der Waals surface area contributed by atoms with Gasteiger partial charge in [-0.2, -0.15) is 22.8 Å². The van der Waals surface area contributed by atoms with Crippen LogP contribution in [0.15, 0.2) is 182 Å². The molecule has 5 aliphatic rings. The third-order valence-corrected chi connectivity index (χ3v) is 29.1. The molecule has 0 fully saturated rings. The zero-order valence-corrected chi connectivity index (χ0v) is 79.9. The highest BCUT2D eigenvalue weighted by Crippen LogP contribution is 2.52. The molecule has 20 rings (SSSR count). The molecular formula is C119H138N5+5. The average molecular weight is 1650 g/mol. The zero-order chi connectivity index (χ0) is 95.9. The van der Waals surface area contributed by atoms with Gasteiger partial charge in [-0.3, -0.25) is 0 Å². The van der Waals surface area contributed by atoms with E-state index in [9.17, 15) is 0 Å². The van der Waals surface area contributed by atoms with Crippen molar-refractivity contribution in [1.82, 2.24) is 0 Å². The van der Waals surface area contributed by atoms with Crippen molar-refractivity contribution in [3.63, 3.8) is 0 Å². The molecule has 5 aliphatic carbocycles. The molecular weight excluding hydrogens is 1500 g/mol. The number of hydrogen-bond donors (Lipinski definition) is 0. The molecule has 0 spiro atoms. The van der Waals surface area contributed by atoms with E-state index in [-0.39, 0.29) is 22.0 Å². The first-order chi connectivity index (χ1) is 61.7. The SMILES string of the molecule is Cc1cc(C)c(C)c(-c2cc3c4c(cccc4[n+]2C)C(C)(C)CC3(C)C)c1.Cc1cc(C)c(C)c(-c2cc3c4c(cccc4[n+]2C)CC(C)C3)c1.Cc1cc(C)c(C)c(-c2cc3c4c(cccc4[n+]2C)CCC3)c1.[2H]C1([2H])C(C)(C)c2cccc3c2c(cc(-c2cc(C)cc(C)c2C)[n+]3C)C1(C)C.[2H]C1([2H])c2cccc3c2c(cc(-c2cc(C)cc(C)c2C)[n+]3C)C([2H])([2H])C1([2H])[2H]. The minimum atomic E-state index is -2.71. The Morgan fingerprint density at radius 1 is 0.282 bits per heavy atom. The molecule has 0 radical (unpaired) electrons. The minimum absolute atomic E-state index is 0.159. The number of pyridine rings is 5. The van der Waals surface area contributed by atoms with Crippen molar-refractivity contribution in [1.29, 1.82) is 0 Å². The molecule has 634 valence electrons. The Hall–Kier alpha value is -10.8. The van der Waals surface area contributed by atoms with E-state index in [0.29, 0.717) is 10.9 Å². The summed E-state index contributed by atoms with van der Waals surface area (Å²) < 4.78 is 80.5. The number of benzene rings is 10. The first-order valence-corrected chi connectivity index (χ1v) is 45.4. The molecule has 10 aromatic carbocycles. The maximum Gasteiger partial charge on any atom is 0.213 e. The number of nitrogens with zero attached hydrogens (tertiary/aromatic N) is 5. The molecule has 0 N–H and O–H groups in total. The largest absolute Gasteiger partial charge is 0.213 e. The predicted octanol–water partition coefficient (Wildman–Crippen LogP) is 26.9. The Morgan fingerprint density at radius 3 is 0.976 bits per heavy atom. The van der Waals surface area contributed by atoms with Crippen molar-refractivity contribution in [3.05, 3.63) is 321 Å². The Bertz CT molecular complexity index is 7170. The summed E-state index contributed by atoms with van der Waals surface area (Å²) in [6.07, 6.45) is -1.79. The Balaban J connectivity index is 0.000000121. The van der Waals surface area contributed by atoms with E-state index in [4.69, 9.17) is 11.0 Å². The van der Waals surface area contributed by atoms with E-state index in [1.54, 1.807) is 18.2 Å². The smallest absolute Gasteiger partial charge is 0.194 e. The van der Waals surface area contributed by atoms with Gasteiger partial charge in [0.05, 0.1) is 26.9 Å². The second kappa shape index (κ2) is 32.7. The van der Waals surface area contributed by atoms with Crippen molar-refractivity contribution in [2.24, 2.45) is 41.2 Å². The van der Waals surface area contributed by atoms with E-state index in [1.807, 2.05) is 38.5 Å². The fourth-order valence-electron chi connectivity index (χ4n) is 22.6. The summed E-state index contributed by atoms with van der Waals surface area (Å²) in [5, 5.41) is 6.12.